The molecular weight excluding hydrogens is 252 g/mol. The van der Waals surface area contributed by atoms with E-state index in [-0.39, 0.29) is 22.9 Å². The molecule has 1 aromatic carbocycles. The van der Waals surface area contributed by atoms with Gasteiger partial charge < -0.3 is 5.11 Å². The lowest BCUT2D eigenvalue weighted by Gasteiger charge is -2.10. The maximum absolute atomic E-state index is 11.8. The summed E-state index contributed by atoms with van der Waals surface area (Å²) in [6.45, 7) is 3.89. The van der Waals surface area contributed by atoms with Crippen LogP contribution in [0.3, 0.4) is 0 Å². The molecule has 4 nitrogen and oxygen atoms in total. The van der Waals surface area contributed by atoms with Gasteiger partial charge in [-0.25, -0.2) is 0 Å². The Morgan fingerprint density at radius 1 is 1.33 bits per heavy atom. The molecule has 94 valence electrons. The Balaban J connectivity index is 2.67. The van der Waals surface area contributed by atoms with Crippen LogP contribution in [0, 0.1) is 13.8 Å². The van der Waals surface area contributed by atoms with Gasteiger partial charge in [0, 0.05) is 6.07 Å². The van der Waals surface area contributed by atoms with Crippen molar-refractivity contribution in [2.24, 2.45) is 0 Å². The summed E-state index contributed by atoms with van der Waals surface area (Å²) in [5.41, 5.74) is 2.65. The van der Waals surface area contributed by atoms with Crippen molar-refractivity contribution in [1.82, 2.24) is 9.78 Å². The Morgan fingerprint density at radius 2 is 2.06 bits per heavy atom. The van der Waals surface area contributed by atoms with E-state index in [0.717, 1.165) is 17.2 Å². The van der Waals surface area contributed by atoms with Crippen LogP contribution in [0.1, 0.15) is 16.8 Å². The molecule has 0 spiro atoms. The van der Waals surface area contributed by atoms with Crippen molar-refractivity contribution in [1.29, 1.82) is 0 Å². The third-order valence-electron chi connectivity index (χ3n) is 2.69. The zero-order valence-corrected chi connectivity index (χ0v) is 10.9. The smallest absolute Gasteiger partial charge is 0.275 e. The molecule has 0 unspecified atom stereocenters. The molecule has 0 aliphatic heterocycles. The van der Waals surface area contributed by atoms with Gasteiger partial charge in [0.1, 0.15) is 11.4 Å². The Bertz CT molecular complexity index is 650. The van der Waals surface area contributed by atoms with Crippen LogP contribution in [-0.2, 0) is 5.88 Å². The molecule has 0 aliphatic carbocycles. The Labute approximate surface area is 109 Å². The zero-order chi connectivity index (χ0) is 13.3. The van der Waals surface area contributed by atoms with Crippen LogP contribution < -0.4 is 5.56 Å². The van der Waals surface area contributed by atoms with Crippen molar-refractivity contribution >= 4 is 11.6 Å². The molecule has 0 fully saturated rings. The van der Waals surface area contributed by atoms with E-state index in [4.69, 9.17) is 11.6 Å². The summed E-state index contributed by atoms with van der Waals surface area (Å²) >= 11 is 5.67. The number of alkyl halides is 1. The van der Waals surface area contributed by atoms with Gasteiger partial charge in [-0.1, -0.05) is 17.7 Å². The lowest BCUT2D eigenvalue weighted by molar-refractivity contribution is 0.460. The number of nitrogens with zero attached hydrogens (tertiary/aromatic N) is 2. The summed E-state index contributed by atoms with van der Waals surface area (Å²) in [7, 11) is 0. The van der Waals surface area contributed by atoms with E-state index in [1.807, 2.05) is 32.0 Å². The Morgan fingerprint density at radius 3 is 2.67 bits per heavy atom. The molecule has 0 saturated heterocycles. The first-order chi connectivity index (χ1) is 8.52. The molecular formula is C13H13ClN2O2. The van der Waals surface area contributed by atoms with Gasteiger partial charge in [0.25, 0.3) is 5.56 Å². The summed E-state index contributed by atoms with van der Waals surface area (Å²) in [6.07, 6.45) is 0. The number of aromatic hydroxyl groups is 1. The van der Waals surface area contributed by atoms with Gasteiger partial charge in [0.05, 0.1) is 11.6 Å². The predicted molar refractivity (Wildman–Crippen MR) is 70.5 cm³/mol. The maximum Gasteiger partial charge on any atom is 0.275 e. The molecule has 0 aliphatic rings. The van der Waals surface area contributed by atoms with Gasteiger partial charge in [-0.3, -0.25) is 4.79 Å². The fourth-order valence-corrected chi connectivity index (χ4v) is 1.98. The van der Waals surface area contributed by atoms with Crippen LogP contribution >= 0.6 is 11.6 Å². The van der Waals surface area contributed by atoms with Crippen LogP contribution in [0.2, 0.25) is 0 Å². The van der Waals surface area contributed by atoms with Gasteiger partial charge in [-0.05, 0) is 25.5 Å². The van der Waals surface area contributed by atoms with Crippen molar-refractivity contribution < 1.29 is 5.11 Å². The van der Waals surface area contributed by atoms with E-state index < -0.39 is 0 Å². The minimum Gasteiger partial charge on any atom is -0.506 e. The number of hydrogen-bond acceptors (Lipinski definition) is 3. The average molecular weight is 265 g/mol. The first kappa shape index (κ1) is 12.6. The van der Waals surface area contributed by atoms with Gasteiger partial charge in [0.2, 0.25) is 0 Å². The number of halogens is 1. The highest BCUT2D eigenvalue weighted by atomic mass is 35.5. The molecule has 1 aromatic heterocycles. The normalized spacial score (nSPS) is 10.6. The van der Waals surface area contributed by atoms with Gasteiger partial charge in [-0.2, -0.15) is 9.78 Å². The number of aromatic nitrogens is 2. The molecule has 0 bridgehead atoms. The lowest BCUT2D eigenvalue weighted by Crippen LogP contribution is -2.22. The van der Waals surface area contributed by atoms with E-state index >= 15 is 0 Å². The first-order valence-electron chi connectivity index (χ1n) is 5.48. The monoisotopic (exact) mass is 264 g/mol. The van der Waals surface area contributed by atoms with Crippen LogP contribution in [-0.4, -0.2) is 14.9 Å². The van der Waals surface area contributed by atoms with Crippen molar-refractivity contribution in [3.63, 3.8) is 0 Å². The second-order valence-corrected chi connectivity index (χ2v) is 4.42. The van der Waals surface area contributed by atoms with E-state index in [0.29, 0.717) is 5.69 Å². The SMILES string of the molecule is Cc1ccc(-n2nc(CCl)c(O)cc2=O)c(C)c1. The molecule has 2 rings (SSSR count). The molecule has 0 atom stereocenters. The lowest BCUT2D eigenvalue weighted by atomic mass is 10.1. The zero-order valence-electron chi connectivity index (χ0n) is 10.1. The predicted octanol–water partition coefficient (Wildman–Crippen LogP) is 2.29. The van der Waals surface area contributed by atoms with Crippen LogP contribution in [0.25, 0.3) is 5.69 Å². The van der Waals surface area contributed by atoms with E-state index in [1.165, 1.54) is 4.68 Å². The van der Waals surface area contributed by atoms with Gasteiger partial charge in [0.15, 0.2) is 0 Å². The fraction of sp³-hybridized carbons (Fsp3) is 0.231. The molecule has 1 heterocycles. The van der Waals surface area contributed by atoms with Crippen molar-refractivity contribution in [2.75, 3.05) is 0 Å². The molecule has 0 amide bonds. The summed E-state index contributed by atoms with van der Waals surface area (Å²) < 4.78 is 1.26. The quantitative estimate of drug-likeness (QED) is 0.847. The highest BCUT2D eigenvalue weighted by molar-refractivity contribution is 6.17. The molecule has 18 heavy (non-hydrogen) atoms. The minimum absolute atomic E-state index is 0.0526. The highest BCUT2D eigenvalue weighted by Gasteiger charge is 2.10. The molecule has 0 saturated carbocycles. The third-order valence-corrected chi connectivity index (χ3v) is 2.95. The first-order valence-corrected chi connectivity index (χ1v) is 6.02. The van der Waals surface area contributed by atoms with Crippen molar-refractivity contribution in [3.8, 4) is 11.4 Å². The molecule has 1 N–H and O–H groups in total. The number of aryl methyl sites for hydroxylation is 2. The largest absolute Gasteiger partial charge is 0.506 e. The summed E-state index contributed by atoms with van der Waals surface area (Å²) in [5, 5.41) is 13.6. The van der Waals surface area contributed by atoms with Crippen LogP contribution in [0.15, 0.2) is 29.1 Å². The summed E-state index contributed by atoms with van der Waals surface area (Å²) in [4.78, 5) is 11.8. The average Bonchev–Trinajstić information content (AvgIpc) is 2.30. The molecule has 0 radical (unpaired) electrons. The number of rotatable bonds is 2. The topological polar surface area (TPSA) is 55.1 Å². The second-order valence-electron chi connectivity index (χ2n) is 4.15. The van der Waals surface area contributed by atoms with Crippen LogP contribution in [0.4, 0.5) is 0 Å². The standard InChI is InChI=1S/C13H13ClN2O2/c1-8-3-4-11(9(2)5-8)16-13(18)6-12(17)10(7-14)15-16/h3-6,17H,7H2,1-2H3. The van der Waals surface area contributed by atoms with Crippen molar-refractivity contribution in [2.45, 2.75) is 19.7 Å². The Kier molecular flexibility index (Phi) is 3.39. The molecule has 5 heteroatoms. The number of benzene rings is 1. The summed E-state index contributed by atoms with van der Waals surface area (Å²) in [5.74, 6) is -0.118. The molecule has 2 aromatic rings. The van der Waals surface area contributed by atoms with E-state index in [2.05, 4.69) is 5.10 Å². The maximum atomic E-state index is 11.8. The third kappa shape index (κ3) is 2.24. The fourth-order valence-electron chi connectivity index (χ4n) is 1.79. The van der Waals surface area contributed by atoms with Gasteiger partial charge >= 0.3 is 0 Å². The number of hydrogen-bond donors (Lipinski definition) is 1. The second kappa shape index (κ2) is 4.82. The Hall–Kier alpha value is -1.81. The van der Waals surface area contributed by atoms with E-state index in [9.17, 15) is 9.90 Å². The summed E-state index contributed by atoms with van der Waals surface area (Å²) in [6, 6.07) is 6.83. The van der Waals surface area contributed by atoms with Crippen molar-refractivity contribution in [3.05, 3.63) is 51.4 Å². The highest BCUT2D eigenvalue weighted by Crippen LogP contribution is 2.17. The van der Waals surface area contributed by atoms with Crippen LogP contribution in [0.5, 0.6) is 5.75 Å². The van der Waals surface area contributed by atoms with Gasteiger partial charge in [-0.15, -0.1) is 11.6 Å². The minimum atomic E-state index is -0.381. The van der Waals surface area contributed by atoms with E-state index in [1.54, 1.807) is 0 Å².